The van der Waals surface area contributed by atoms with Crippen molar-refractivity contribution in [2.45, 2.75) is 6.92 Å². The van der Waals surface area contributed by atoms with Gasteiger partial charge in [-0.1, -0.05) is 12.1 Å². The molecule has 0 saturated heterocycles. The number of carbonyl (C=O) groups is 2. The van der Waals surface area contributed by atoms with Crippen LogP contribution in [0.5, 0.6) is 5.75 Å². The van der Waals surface area contributed by atoms with Gasteiger partial charge in [-0.3, -0.25) is 0 Å². The molecule has 0 unspecified atom stereocenters. The van der Waals surface area contributed by atoms with Gasteiger partial charge >= 0.3 is 11.9 Å². The molecule has 124 valence electrons. The Kier molecular flexibility index (Phi) is 5.57. The van der Waals surface area contributed by atoms with Gasteiger partial charge in [0.25, 0.3) is 0 Å². The Bertz CT molecular complexity index is 747. The van der Waals surface area contributed by atoms with Crippen molar-refractivity contribution < 1.29 is 19.1 Å². The van der Waals surface area contributed by atoms with E-state index in [-0.39, 0.29) is 5.56 Å². The second-order valence-electron chi connectivity index (χ2n) is 4.93. The average Bonchev–Trinajstić information content (AvgIpc) is 2.53. The minimum atomic E-state index is -0.552. The van der Waals surface area contributed by atoms with Gasteiger partial charge in [0.15, 0.2) is 0 Å². The van der Waals surface area contributed by atoms with Crippen LogP contribution in [-0.2, 0) is 9.53 Å². The van der Waals surface area contributed by atoms with E-state index in [4.69, 9.17) is 20.9 Å². The summed E-state index contributed by atoms with van der Waals surface area (Å²) in [7, 11) is 0. The van der Waals surface area contributed by atoms with E-state index in [1.54, 1.807) is 43.3 Å². The van der Waals surface area contributed by atoms with Crippen LogP contribution in [0.15, 0.2) is 48.5 Å². The topological polar surface area (TPSA) is 105 Å². The highest BCUT2D eigenvalue weighted by Gasteiger charge is 2.10. The van der Waals surface area contributed by atoms with Gasteiger partial charge in [0.1, 0.15) is 5.75 Å². The third-order valence-corrected chi connectivity index (χ3v) is 3.00. The Morgan fingerprint density at radius 2 is 1.67 bits per heavy atom. The van der Waals surface area contributed by atoms with Crippen LogP contribution in [0.3, 0.4) is 0 Å². The number of carbonyl (C=O) groups excluding carboxylic acids is 2. The molecule has 6 heteroatoms. The van der Waals surface area contributed by atoms with Crippen molar-refractivity contribution in [1.82, 2.24) is 0 Å². The van der Waals surface area contributed by atoms with Crippen LogP contribution in [0.25, 0.3) is 6.08 Å². The summed E-state index contributed by atoms with van der Waals surface area (Å²) >= 11 is 0. The summed E-state index contributed by atoms with van der Waals surface area (Å²) in [6.07, 6.45) is 2.95. The van der Waals surface area contributed by atoms with E-state index in [1.165, 1.54) is 18.2 Å². The molecule has 0 amide bonds. The second kappa shape index (κ2) is 7.82. The van der Waals surface area contributed by atoms with Crippen molar-refractivity contribution in [2.24, 2.45) is 0 Å². The smallest absolute Gasteiger partial charge is 0.343 e. The number of ether oxygens (including phenoxy) is 2. The molecule has 2 aromatic carbocycles. The van der Waals surface area contributed by atoms with E-state index in [9.17, 15) is 9.59 Å². The third-order valence-electron chi connectivity index (χ3n) is 3.00. The molecule has 0 atom stereocenters. The number of nitrogens with two attached hydrogens (primary N) is 2. The fraction of sp³-hybridized carbons (Fsp3) is 0.111. The minimum absolute atomic E-state index is 0.277. The molecule has 2 rings (SSSR count). The fourth-order valence-corrected chi connectivity index (χ4v) is 1.96. The first-order chi connectivity index (χ1) is 11.5. The highest BCUT2D eigenvalue weighted by molar-refractivity contribution is 5.93. The Labute approximate surface area is 139 Å². The van der Waals surface area contributed by atoms with E-state index >= 15 is 0 Å². The summed E-state index contributed by atoms with van der Waals surface area (Å²) in [5.74, 6) is -0.592. The van der Waals surface area contributed by atoms with E-state index < -0.39 is 11.9 Å². The number of benzene rings is 2. The molecule has 0 saturated carbocycles. The van der Waals surface area contributed by atoms with Crippen molar-refractivity contribution >= 4 is 29.4 Å². The van der Waals surface area contributed by atoms with Crippen LogP contribution < -0.4 is 16.2 Å². The number of anilines is 2. The maximum atomic E-state index is 12.1. The number of nitrogen functional groups attached to an aromatic ring is 2. The molecule has 0 fully saturated rings. The van der Waals surface area contributed by atoms with Gasteiger partial charge in [-0.15, -0.1) is 0 Å². The molecule has 0 spiro atoms. The van der Waals surface area contributed by atoms with Gasteiger partial charge in [-0.05, 0) is 48.9 Å². The molecule has 6 nitrogen and oxygen atoms in total. The molecular weight excluding hydrogens is 308 g/mol. The molecular formula is C18H18N2O4. The summed E-state index contributed by atoms with van der Waals surface area (Å²) in [4.78, 5) is 23.3. The molecule has 2 aromatic rings. The van der Waals surface area contributed by atoms with Crippen LogP contribution >= 0.6 is 0 Å². The van der Waals surface area contributed by atoms with Gasteiger partial charge < -0.3 is 20.9 Å². The van der Waals surface area contributed by atoms with Crippen LogP contribution in [0.1, 0.15) is 22.8 Å². The standard InChI is InChI=1S/C18H18N2O4/c1-2-23-17(21)8-5-12-3-6-16(7-4-12)24-18(22)13-9-14(19)11-15(20)10-13/h3-11H,2,19-20H2,1H3. The first-order valence-corrected chi connectivity index (χ1v) is 7.31. The number of hydrogen-bond acceptors (Lipinski definition) is 6. The van der Waals surface area contributed by atoms with Crippen molar-refractivity contribution in [3.05, 3.63) is 59.7 Å². The molecule has 0 aliphatic rings. The molecule has 0 aliphatic carbocycles. The normalized spacial score (nSPS) is 10.5. The van der Waals surface area contributed by atoms with Crippen molar-refractivity contribution in [2.75, 3.05) is 18.1 Å². The number of rotatable bonds is 5. The number of hydrogen-bond donors (Lipinski definition) is 2. The second-order valence-corrected chi connectivity index (χ2v) is 4.93. The quantitative estimate of drug-likeness (QED) is 0.379. The lowest BCUT2D eigenvalue weighted by molar-refractivity contribution is -0.137. The van der Waals surface area contributed by atoms with E-state index in [0.717, 1.165) is 5.56 Å². The summed E-state index contributed by atoms with van der Waals surface area (Å²) < 4.78 is 10.1. The monoisotopic (exact) mass is 326 g/mol. The molecule has 0 radical (unpaired) electrons. The van der Waals surface area contributed by atoms with Crippen molar-refractivity contribution in [1.29, 1.82) is 0 Å². The Hall–Kier alpha value is -3.28. The molecule has 24 heavy (non-hydrogen) atoms. The lowest BCUT2D eigenvalue weighted by Crippen LogP contribution is -2.09. The van der Waals surface area contributed by atoms with Gasteiger partial charge in [0.2, 0.25) is 0 Å². The zero-order valence-corrected chi connectivity index (χ0v) is 13.2. The Morgan fingerprint density at radius 1 is 1.04 bits per heavy atom. The summed E-state index contributed by atoms with van der Waals surface area (Å²) in [6, 6.07) is 11.2. The molecule has 0 aliphatic heterocycles. The Balaban J connectivity index is 2.03. The lowest BCUT2D eigenvalue weighted by Gasteiger charge is -2.06. The van der Waals surface area contributed by atoms with Crippen LogP contribution in [0.4, 0.5) is 11.4 Å². The molecule has 0 heterocycles. The van der Waals surface area contributed by atoms with Gasteiger partial charge in [0, 0.05) is 17.5 Å². The van der Waals surface area contributed by atoms with Crippen LogP contribution in [0.2, 0.25) is 0 Å². The van der Waals surface area contributed by atoms with Gasteiger partial charge in [-0.25, -0.2) is 9.59 Å². The fourth-order valence-electron chi connectivity index (χ4n) is 1.96. The zero-order valence-electron chi connectivity index (χ0n) is 13.2. The van der Waals surface area contributed by atoms with E-state index in [1.807, 2.05) is 0 Å². The minimum Gasteiger partial charge on any atom is -0.463 e. The van der Waals surface area contributed by atoms with Gasteiger partial charge in [-0.2, -0.15) is 0 Å². The number of esters is 2. The van der Waals surface area contributed by atoms with Crippen LogP contribution in [-0.4, -0.2) is 18.5 Å². The first-order valence-electron chi connectivity index (χ1n) is 7.31. The highest BCUT2D eigenvalue weighted by Crippen LogP contribution is 2.18. The maximum absolute atomic E-state index is 12.1. The predicted octanol–water partition coefficient (Wildman–Crippen LogP) is 2.65. The lowest BCUT2D eigenvalue weighted by atomic mass is 10.1. The largest absolute Gasteiger partial charge is 0.463 e. The van der Waals surface area contributed by atoms with Crippen molar-refractivity contribution in [3.8, 4) is 5.75 Å². The van der Waals surface area contributed by atoms with Crippen LogP contribution in [0, 0.1) is 0 Å². The maximum Gasteiger partial charge on any atom is 0.343 e. The van der Waals surface area contributed by atoms with E-state index in [2.05, 4.69) is 0 Å². The average molecular weight is 326 g/mol. The van der Waals surface area contributed by atoms with Gasteiger partial charge in [0.05, 0.1) is 12.2 Å². The van der Waals surface area contributed by atoms with Crippen molar-refractivity contribution in [3.63, 3.8) is 0 Å². The molecule has 0 bridgehead atoms. The summed E-state index contributed by atoms with van der Waals surface area (Å²) in [5, 5.41) is 0. The molecule has 4 N–H and O–H groups in total. The summed E-state index contributed by atoms with van der Waals surface area (Å²) in [6.45, 7) is 2.06. The third kappa shape index (κ3) is 4.88. The SMILES string of the molecule is CCOC(=O)C=Cc1ccc(OC(=O)c2cc(N)cc(N)c2)cc1. The Morgan fingerprint density at radius 3 is 2.25 bits per heavy atom. The van der Waals surface area contributed by atoms with E-state index in [0.29, 0.717) is 23.7 Å². The molecule has 0 aromatic heterocycles. The first kappa shape index (κ1) is 17.1. The zero-order chi connectivity index (χ0) is 17.5. The highest BCUT2D eigenvalue weighted by atomic mass is 16.5. The summed E-state index contributed by atoms with van der Waals surface area (Å²) in [5.41, 5.74) is 13.1. The predicted molar refractivity (Wildman–Crippen MR) is 92.3 cm³/mol.